The number of hydrogen-bond donors (Lipinski definition) is 0. The van der Waals surface area contributed by atoms with Crippen molar-refractivity contribution in [2.24, 2.45) is 0 Å². The molecule has 1 aromatic carbocycles. The molecule has 1 fully saturated rings. The van der Waals surface area contributed by atoms with Gasteiger partial charge in [-0.05, 0) is 19.2 Å². The third-order valence-corrected chi connectivity index (χ3v) is 2.57. The SMILES string of the molecule is CN1CCOC(COc2cccc(F)c2)C1. The van der Waals surface area contributed by atoms with Crippen LogP contribution in [0.15, 0.2) is 24.3 Å². The first kappa shape index (κ1) is 11.4. The Balaban J connectivity index is 1.82. The van der Waals surface area contributed by atoms with Gasteiger partial charge >= 0.3 is 0 Å². The summed E-state index contributed by atoms with van der Waals surface area (Å²) in [5.41, 5.74) is 0. The van der Waals surface area contributed by atoms with Crippen LogP contribution < -0.4 is 4.74 Å². The number of likely N-dealkylation sites (N-methyl/N-ethyl adjacent to an activating group) is 1. The van der Waals surface area contributed by atoms with E-state index in [0.717, 1.165) is 19.7 Å². The summed E-state index contributed by atoms with van der Waals surface area (Å²) in [6, 6.07) is 6.17. The van der Waals surface area contributed by atoms with Gasteiger partial charge in [-0.2, -0.15) is 0 Å². The molecule has 16 heavy (non-hydrogen) atoms. The van der Waals surface area contributed by atoms with E-state index < -0.39 is 0 Å². The maximum absolute atomic E-state index is 12.9. The summed E-state index contributed by atoms with van der Waals surface area (Å²) < 4.78 is 23.9. The fourth-order valence-corrected chi connectivity index (χ4v) is 1.71. The van der Waals surface area contributed by atoms with E-state index >= 15 is 0 Å². The van der Waals surface area contributed by atoms with Crippen molar-refractivity contribution in [2.45, 2.75) is 6.10 Å². The smallest absolute Gasteiger partial charge is 0.126 e. The molecule has 1 aromatic rings. The van der Waals surface area contributed by atoms with E-state index in [4.69, 9.17) is 9.47 Å². The Bertz CT molecular complexity index is 346. The van der Waals surface area contributed by atoms with Crippen LogP contribution >= 0.6 is 0 Å². The predicted octanol–water partition coefficient (Wildman–Crippen LogP) is 1.54. The molecule has 3 nitrogen and oxygen atoms in total. The van der Waals surface area contributed by atoms with Gasteiger partial charge < -0.3 is 14.4 Å². The van der Waals surface area contributed by atoms with Gasteiger partial charge in [0.1, 0.15) is 24.3 Å². The molecule has 0 spiro atoms. The molecule has 1 unspecified atom stereocenters. The fraction of sp³-hybridized carbons (Fsp3) is 0.500. The van der Waals surface area contributed by atoms with Gasteiger partial charge in [-0.3, -0.25) is 0 Å². The highest BCUT2D eigenvalue weighted by atomic mass is 19.1. The maximum Gasteiger partial charge on any atom is 0.126 e. The zero-order chi connectivity index (χ0) is 11.4. The highest BCUT2D eigenvalue weighted by molar-refractivity contribution is 5.22. The van der Waals surface area contributed by atoms with E-state index in [2.05, 4.69) is 11.9 Å². The highest BCUT2D eigenvalue weighted by Crippen LogP contribution is 2.13. The van der Waals surface area contributed by atoms with Crippen molar-refractivity contribution in [2.75, 3.05) is 33.4 Å². The van der Waals surface area contributed by atoms with Crippen LogP contribution in [0.2, 0.25) is 0 Å². The summed E-state index contributed by atoms with van der Waals surface area (Å²) in [4.78, 5) is 2.20. The molecule has 1 heterocycles. The quantitative estimate of drug-likeness (QED) is 0.778. The summed E-state index contributed by atoms with van der Waals surface area (Å²) >= 11 is 0. The lowest BCUT2D eigenvalue weighted by molar-refractivity contribution is -0.0403. The van der Waals surface area contributed by atoms with Crippen LogP contribution in [0.25, 0.3) is 0 Å². The van der Waals surface area contributed by atoms with Crippen molar-refractivity contribution >= 4 is 0 Å². The monoisotopic (exact) mass is 225 g/mol. The van der Waals surface area contributed by atoms with Crippen LogP contribution in [-0.2, 0) is 4.74 Å². The van der Waals surface area contributed by atoms with E-state index in [0.29, 0.717) is 12.4 Å². The lowest BCUT2D eigenvalue weighted by Gasteiger charge is -2.29. The first-order valence-corrected chi connectivity index (χ1v) is 5.42. The molecule has 1 atom stereocenters. The number of morpholine rings is 1. The number of benzene rings is 1. The Hall–Kier alpha value is -1.13. The second-order valence-corrected chi connectivity index (χ2v) is 4.02. The largest absolute Gasteiger partial charge is 0.491 e. The second-order valence-electron chi connectivity index (χ2n) is 4.02. The molecule has 88 valence electrons. The molecule has 0 radical (unpaired) electrons. The average Bonchev–Trinajstić information content (AvgIpc) is 2.27. The molecule has 0 amide bonds. The van der Waals surface area contributed by atoms with Gasteiger partial charge in [-0.25, -0.2) is 4.39 Å². The molecule has 4 heteroatoms. The average molecular weight is 225 g/mol. The summed E-state index contributed by atoms with van der Waals surface area (Å²) in [6.07, 6.45) is 0.0713. The number of nitrogens with zero attached hydrogens (tertiary/aromatic N) is 1. The number of ether oxygens (including phenoxy) is 2. The van der Waals surface area contributed by atoms with Crippen molar-refractivity contribution in [1.29, 1.82) is 0 Å². The van der Waals surface area contributed by atoms with Crippen LogP contribution in [0.3, 0.4) is 0 Å². The zero-order valence-electron chi connectivity index (χ0n) is 9.36. The third kappa shape index (κ3) is 3.18. The molecule has 1 saturated heterocycles. The molecule has 0 N–H and O–H groups in total. The minimum Gasteiger partial charge on any atom is -0.491 e. The molecule has 0 bridgehead atoms. The van der Waals surface area contributed by atoms with E-state index in [1.807, 2.05) is 0 Å². The van der Waals surface area contributed by atoms with Gasteiger partial charge in [-0.1, -0.05) is 6.07 Å². The van der Waals surface area contributed by atoms with Crippen LogP contribution in [0.1, 0.15) is 0 Å². The second kappa shape index (κ2) is 5.27. The summed E-state index contributed by atoms with van der Waals surface area (Å²) in [6.45, 7) is 3.01. The Morgan fingerprint density at radius 3 is 3.19 bits per heavy atom. The van der Waals surface area contributed by atoms with Gasteiger partial charge in [0, 0.05) is 19.2 Å². The van der Waals surface area contributed by atoms with E-state index in [-0.39, 0.29) is 11.9 Å². The maximum atomic E-state index is 12.9. The van der Waals surface area contributed by atoms with Crippen LogP contribution in [0.4, 0.5) is 4.39 Å². The zero-order valence-corrected chi connectivity index (χ0v) is 9.36. The van der Waals surface area contributed by atoms with Crippen molar-refractivity contribution in [3.05, 3.63) is 30.1 Å². The first-order valence-electron chi connectivity index (χ1n) is 5.42. The number of hydrogen-bond acceptors (Lipinski definition) is 3. The van der Waals surface area contributed by atoms with Crippen molar-refractivity contribution < 1.29 is 13.9 Å². The molecule has 0 saturated carbocycles. The lowest BCUT2D eigenvalue weighted by Crippen LogP contribution is -2.42. The van der Waals surface area contributed by atoms with Crippen LogP contribution in [0.5, 0.6) is 5.75 Å². The van der Waals surface area contributed by atoms with Gasteiger partial charge in [0.15, 0.2) is 0 Å². The summed E-state index contributed by atoms with van der Waals surface area (Å²) in [7, 11) is 2.05. The summed E-state index contributed by atoms with van der Waals surface area (Å²) in [5, 5.41) is 0. The molecule has 0 aromatic heterocycles. The van der Waals surface area contributed by atoms with Crippen molar-refractivity contribution in [1.82, 2.24) is 4.90 Å². The third-order valence-electron chi connectivity index (χ3n) is 2.57. The Kier molecular flexibility index (Phi) is 3.74. The van der Waals surface area contributed by atoms with Crippen molar-refractivity contribution in [3.63, 3.8) is 0 Å². The van der Waals surface area contributed by atoms with Crippen molar-refractivity contribution in [3.8, 4) is 5.75 Å². The van der Waals surface area contributed by atoms with E-state index in [9.17, 15) is 4.39 Å². The molecule has 1 aliphatic rings. The molecular formula is C12H16FNO2. The first-order chi connectivity index (χ1) is 7.74. The van der Waals surface area contributed by atoms with Crippen LogP contribution in [-0.4, -0.2) is 44.4 Å². The lowest BCUT2D eigenvalue weighted by atomic mass is 10.3. The Morgan fingerprint density at radius 1 is 1.56 bits per heavy atom. The fourth-order valence-electron chi connectivity index (χ4n) is 1.71. The number of rotatable bonds is 3. The predicted molar refractivity (Wildman–Crippen MR) is 59.1 cm³/mol. The topological polar surface area (TPSA) is 21.7 Å². The van der Waals surface area contributed by atoms with Crippen LogP contribution in [0, 0.1) is 5.82 Å². The molecule has 2 rings (SSSR count). The van der Waals surface area contributed by atoms with Gasteiger partial charge in [0.2, 0.25) is 0 Å². The molecule has 0 aliphatic carbocycles. The minimum atomic E-state index is -0.279. The van der Waals surface area contributed by atoms with E-state index in [1.54, 1.807) is 12.1 Å². The van der Waals surface area contributed by atoms with E-state index in [1.165, 1.54) is 12.1 Å². The minimum absolute atomic E-state index is 0.0713. The van der Waals surface area contributed by atoms with Gasteiger partial charge in [-0.15, -0.1) is 0 Å². The molecule has 1 aliphatic heterocycles. The van der Waals surface area contributed by atoms with Gasteiger partial charge in [0.05, 0.1) is 6.61 Å². The highest BCUT2D eigenvalue weighted by Gasteiger charge is 2.18. The van der Waals surface area contributed by atoms with Gasteiger partial charge in [0.25, 0.3) is 0 Å². The summed E-state index contributed by atoms with van der Waals surface area (Å²) in [5.74, 6) is 0.274. The Labute approximate surface area is 94.8 Å². The number of halogens is 1. The Morgan fingerprint density at radius 2 is 2.44 bits per heavy atom. The normalized spacial score (nSPS) is 22.0. The standard InChI is InChI=1S/C12H16FNO2/c1-14-5-6-15-12(8-14)9-16-11-4-2-3-10(13)7-11/h2-4,7,12H,5-6,8-9H2,1H3. The molecular weight excluding hydrogens is 209 g/mol.